The van der Waals surface area contributed by atoms with Crippen molar-refractivity contribution in [3.05, 3.63) is 56.0 Å². The van der Waals surface area contributed by atoms with Gasteiger partial charge in [0, 0.05) is 26.1 Å². The third kappa shape index (κ3) is 4.93. The Kier molecular flexibility index (Phi) is 7.68. The fourth-order valence-corrected chi connectivity index (χ4v) is 5.81. The number of hydrogen-bond donors (Lipinski definition) is 1. The minimum Gasteiger partial charge on any atom is -0.468 e. The quantitative estimate of drug-likeness (QED) is 0.247. The number of nitrogens with zero attached hydrogens (tertiary/aromatic N) is 6. The van der Waals surface area contributed by atoms with Gasteiger partial charge in [-0.15, -0.1) is 0 Å². The summed E-state index contributed by atoms with van der Waals surface area (Å²) in [5.74, 6) is -0.588. The van der Waals surface area contributed by atoms with E-state index >= 15 is 0 Å². The van der Waals surface area contributed by atoms with Gasteiger partial charge in [-0.05, 0) is 48.9 Å². The van der Waals surface area contributed by atoms with Crippen molar-refractivity contribution in [2.45, 2.75) is 50.5 Å². The first-order valence-electron chi connectivity index (χ1n) is 12.1. The summed E-state index contributed by atoms with van der Waals surface area (Å²) < 4.78 is 5.22. The summed E-state index contributed by atoms with van der Waals surface area (Å²) in [5.41, 5.74) is 1.14. The molecular formula is C25H27ClN6O6. The molecular weight excluding hydrogens is 516 g/mol. The molecule has 1 aliphatic heterocycles. The Bertz CT molecular complexity index is 1330. The van der Waals surface area contributed by atoms with Crippen LogP contribution < -0.4 is 4.90 Å². The lowest BCUT2D eigenvalue weighted by Gasteiger charge is -2.39. The fraction of sp³-hybridized carbons (Fsp3) is 0.480. The maximum absolute atomic E-state index is 13.3. The lowest BCUT2D eigenvalue weighted by atomic mass is 9.67. The summed E-state index contributed by atoms with van der Waals surface area (Å²) in [5, 5.41) is 30.9. The van der Waals surface area contributed by atoms with Crippen LogP contribution in [0, 0.1) is 28.4 Å². The maximum atomic E-state index is 13.3. The molecule has 0 bridgehead atoms. The van der Waals surface area contributed by atoms with Crippen molar-refractivity contribution in [1.29, 1.82) is 5.26 Å². The van der Waals surface area contributed by atoms with Crippen LogP contribution in [-0.2, 0) is 27.8 Å². The molecule has 13 heteroatoms. The molecule has 2 aliphatic rings. The second-order valence-corrected chi connectivity index (χ2v) is 9.91. The number of carbonyl (C=O) groups is 2. The zero-order valence-corrected chi connectivity index (χ0v) is 21.8. The molecule has 12 nitrogen and oxygen atoms in total. The van der Waals surface area contributed by atoms with Gasteiger partial charge in [0.2, 0.25) is 11.1 Å². The third-order valence-corrected chi connectivity index (χ3v) is 7.49. The normalized spacial score (nSPS) is 20.8. The number of amides is 1. The van der Waals surface area contributed by atoms with Gasteiger partial charge in [0.1, 0.15) is 5.69 Å². The van der Waals surface area contributed by atoms with Crippen LogP contribution in [0.2, 0.25) is 5.28 Å². The molecule has 2 aromatic rings. The molecule has 1 saturated heterocycles. The molecule has 200 valence electrons. The molecule has 0 saturated carbocycles. The highest BCUT2D eigenvalue weighted by Gasteiger charge is 2.47. The molecule has 1 amide bonds. The molecule has 1 aliphatic carbocycles. The van der Waals surface area contributed by atoms with E-state index in [9.17, 15) is 30.1 Å². The number of fused-ring (bicyclic) bond motifs is 1. The SMILES string of the molecule is COC(=O)C1(Cc2nc(Cl)nc(N3CCN(C(=O)O)[C@@H](CC#N)C3)c2[N+](=O)[O-])CCCc2cc(C)ccc21. The number of nitro groups is 1. The second-order valence-electron chi connectivity index (χ2n) is 9.57. The average Bonchev–Trinajstić information content (AvgIpc) is 2.87. The Morgan fingerprint density at radius 3 is 2.79 bits per heavy atom. The van der Waals surface area contributed by atoms with Crippen LogP contribution in [0.4, 0.5) is 16.3 Å². The fourth-order valence-electron chi connectivity index (χ4n) is 5.63. The summed E-state index contributed by atoms with van der Waals surface area (Å²) >= 11 is 6.28. The highest BCUT2D eigenvalue weighted by atomic mass is 35.5. The molecule has 1 unspecified atom stereocenters. The molecule has 0 radical (unpaired) electrons. The van der Waals surface area contributed by atoms with Crippen LogP contribution in [0.5, 0.6) is 0 Å². The minimum atomic E-state index is -1.21. The number of carboxylic acid groups (broad SMARTS) is 1. The van der Waals surface area contributed by atoms with E-state index in [2.05, 4.69) is 9.97 Å². The van der Waals surface area contributed by atoms with Gasteiger partial charge in [-0.2, -0.15) is 10.2 Å². The van der Waals surface area contributed by atoms with Crippen molar-refractivity contribution < 1.29 is 24.4 Å². The van der Waals surface area contributed by atoms with Gasteiger partial charge in [0.25, 0.3) is 0 Å². The van der Waals surface area contributed by atoms with Crippen molar-refractivity contribution in [1.82, 2.24) is 14.9 Å². The van der Waals surface area contributed by atoms with E-state index in [1.165, 1.54) is 7.11 Å². The number of methoxy groups -OCH3 is 1. The molecule has 0 spiro atoms. The topological polar surface area (TPSA) is 163 Å². The molecule has 1 N–H and O–H groups in total. The van der Waals surface area contributed by atoms with E-state index in [4.69, 9.17) is 16.3 Å². The molecule has 1 aromatic carbocycles. The summed E-state index contributed by atoms with van der Waals surface area (Å²) in [7, 11) is 1.29. The zero-order chi connectivity index (χ0) is 27.6. The number of rotatable bonds is 6. The lowest BCUT2D eigenvalue weighted by molar-refractivity contribution is -0.385. The predicted molar refractivity (Wildman–Crippen MR) is 136 cm³/mol. The largest absolute Gasteiger partial charge is 0.468 e. The third-order valence-electron chi connectivity index (χ3n) is 7.32. The van der Waals surface area contributed by atoms with E-state index in [1.54, 1.807) is 4.90 Å². The Morgan fingerprint density at radius 1 is 1.37 bits per heavy atom. The maximum Gasteiger partial charge on any atom is 0.407 e. The standard InChI is InChI=1S/C25H27ClN6O6/c1-15-5-6-18-16(12-15)4-3-8-25(18,22(33)38-2)13-19-20(32(36)37)21(29-23(26)28-19)30-10-11-31(24(34)35)17(14-30)7-9-27/h5-6,12,17H,3-4,7-8,10-11,13-14H2,1-2H3,(H,34,35)/t17-,25?/m0/s1. The van der Waals surface area contributed by atoms with Crippen LogP contribution in [0.15, 0.2) is 18.2 Å². The number of carbonyl (C=O) groups excluding carboxylic acids is 1. The van der Waals surface area contributed by atoms with Crippen LogP contribution in [0.3, 0.4) is 0 Å². The van der Waals surface area contributed by atoms with Gasteiger partial charge in [-0.3, -0.25) is 14.9 Å². The van der Waals surface area contributed by atoms with Crippen LogP contribution >= 0.6 is 11.6 Å². The number of aryl methyl sites for hydroxylation is 2. The smallest absolute Gasteiger partial charge is 0.407 e. The van der Waals surface area contributed by atoms with Gasteiger partial charge in [-0.1, -0.05) is 23.8 Å². The van der Waals surface area contributed by atoms with E-state index in [0.717, 1.165) is 28.0 Å². The van der Waals surface area contributed by atoms with Gasteiger partial charge >= 0.3 is 17.7 Å². The van der Waals surface area contributed by atoms with Gasteiger partial charge in [0.05, 0.1) is 36.0 Å². The van der Waals surface area contributed by atoms with Gasteiger partial charge in [-0.25, -0.2) is 9.78 Å². The van der Waals surface area contributed by atoms with Gasteiger partial charge < -0.3 is 19.6 Å². The van der Waals surface area contributed by atoms with Crippen molar-refractivity contribution in [2.75, 3.05) is 31.6 Å². The molecule has 2 atom stereocenters. The number of halogens is 1. The first-order chi connectivity index (χ1) is 18.1. The number of aromatic nitrogens is 2. The number of piperazine rings is 1. The van der Waals surface area contributed by atoms with E-state index in [0.29, 0.717) is 12.8 Å². The molecule has 38 heavy (non-hydrogen) atoms. The lowest BCUT2D eigenvalue weighted by Crippen LogP contribution is -2.55. The summed E-state index contributed by atoms with van der Waals surface area (Å²) in [6.45, 7) is 2.10. The Labute approximate surface area is 223 Å². The Morgan fingerprint density at radius 2 is 2.13 bits per heavy atom. The number of benzene rings is 1. The predicted octanol–water partition coefficient (Wildman–Crippen LogP) is 3.42. The molecule has 2 heterocycles. The molecule has 1 fully saturated rings. The number of ether oxygens (including phenoxy) is 1. The van der Waals surface area contributed by atoms with Crippen LogP contribution in [0.25, 0.3) is 0 Å². The number of nitriles is 1. The van der Waals surface area contributed by atoms with E-state index in [-0.39, 0.29) is 49.3 Å². The van der Waals surface area contributed by atoms with Crippen LogP contribution in [0.1, 0.15) is 41.6 Å². The number of esters is 1. The van der Waals surface area contributed by atoms with E-state index < -0.39 is 34.1 Å². The Hall–Kier alpha value is -3.98. The molecule has 1 aromatic heterocycles. The summed E-state index contributed by atoms with van der Waals surface area (Å²) in [6, 6.07) is 7.03. The molecule has 4 rings (SSSR count). The Balaban J connectivity index is 1.82. The number of hydrogen-bond acceptors (Lipinski definition) is 9. The first kappa shape index (κ1) is 27.1. The second kappa shape index (κ2) is 10.8. The van der Waals surface area contributed by atoms with Crippen molar-refractivity contribution in [3.63, 3.8) is 0 Å². The number of anilines is 1. The monoisotopic (exact) mass is 542 g/mol. The highest BCUT2D eigenvalue weighted by molar-refractivity contribution is 6.28. The van der Waals surface area contributed by atoms with Crippen molar-refractivity contribution in [2.24, 2.45) is 0 Å². The van der Waals surface area contributed by atoms with E-state index in [1.807, 2.05) is 31.2 Å². The zero-order valence-electron chi connectivity index (χ0n) is 21.0. The summed E-state index contributed by atoms with van der Waals surface area (Å²) in [4.78, 5) is 47.9. The van der Waals surface area contributed by atoms with Crippen molar-refractivity contribution in [3.8, 4) is 6.07 Å². The van der Waals surface area contributed by atoms with Gasteiger partial charge in [0.15, 0.2) is 0 Å². The van der Waals surface area contributed by atoms with Crippen molar-refractivity contribution >= 4 is 35.2 Å². The first-order valence-corrected chi connectivity index (χ1v) is 12.5. The minimum absolute atomic E-state index is 0.0116. The van der Waals surface area contributed by atoms with Crippen LogP contribution in [-0.4, -0.2) is 69.7 Å². The average molecular weight is 543 g/mol. The summed E-state index contributed by atoms with van der Waals surface area (Å²) in [6.07, 6.45) is 0.458. The highest BCUT2D eigenvalue weighted by Crippen LogP contribution is 2.44.